The quantitative estimate of drug-likeness (QED) is 0.671. The Morgan fingerprint density at radius 1 is 1.21 bits per heavy atom. The largest absolute Gasteiger partial charge is 0.453 e. The van der Waals surface area contributed by atoms with E-state index in [4.69, 9.17) is 9.47 Å². The summed E-state index contributed by atoms with van der Waals surface area (Å²) in [7, 11) is 1.24. The summed E-state index contributed by atoms with van der Waals surface area (Å²) in [6.07, 6.45) is 0.814. The normalized spacial score (nSPS) is 13.8. The van der Waals surface area contributed by atoms with Gasteiger partial charge in [0.15, 0.2) is 0 Å². The highest BCUT2D eigenvalue weighted by atomic mass is 32.2. The number of amides is 1. The molecule has 0 aliphatic heterocycles. The van der Waals surface area contributed by atoms with Crippen LogP contribution in [0.1, 0.15) is 23.6 Å². The lowest BCUT2D eigenvalue weighted by atomic mass is 9.97. The number of carbonyl (C=O) groups excluding carboxylic acids is 1. The van der Waals surface area contributed by atoms with Crippen LogP contribution in [0.4, 0.5) is 9.18 Å². The lowest BCUT2D eigenvalue weighted by Crippen LogP contribution is -2.39. The lowest BCUT2D eigenvalue weighted by molar-refractivity contribution is 0.00950. The van der Waals surface area contributed by atoms with Gasteiger partial charge in [0.2, 0.25) is 0 Å². The molecule has 2 rings (SSSR count). The molecule has 5 nitrogen and oxygen atoms in total. The van der Waals surface area contributed by atoms with Crippen molar-refractivity contribution in [1.29, 1.82) is 5.26 Å². The average Bonchev–Trinajstić information content (AvgIpc) is 2.73. The van der Waals surface area contributed by atoms with E-state index < -0.39 is 24.1 Å². The maximum absolute atomic E-state index is 14.5. The number of alkyl carbamates (subject to hydrolysis) is 1. The van der Waals surface area contributed by atoms with Gasteiger partial charge in [0.1, 0.15) is 5.82 Å². The van der Waals surface area contributed by atoms with E-state index in [9.17, 15) is 14.4 Å². The van der Waals surface area contributed by atoms with E-state index in [0.29, 0.717) is 6.42 Å². The Bertz CT molecular complexity index is 798. The van der Waals surface area contributed by atoms with Crippen molar-refractivity contribution in [1.82, 2.24) is 5.32 Å². The molecule has 0 aromatic heterocycles. The van der Waals surface area contributed by atoms with Crippen LogP contribution in [0.5, 0.6) is 0 Å². The second-order valence-corrected chi connectivity index (χ2v) is 7.10. The Labute approximate surface area is 168 Å². The zero-order valence-corrected chi connectivity index (χ0v) is 16.6. The molecule has 2 aromatic rings. The van der Waals surface area contributed by atoms with Gasteiger partial charge in [-0.1, -0.05) is 48.5 Å². The molecule has 1 amide bonds. The van der Waals surface area contributed by atoms with Gasteiger partial charge >= 0.3 is 6.09 Å². The topological polar surface area (TPSA) is 71.3 Å². The average molecular weight is 402 g/mol. The summed E-state index contributed by atoms with van der Waals surface area (Å²) in [6, 6.07) is 17.1. The second kappa shape index (κ2) is 11.3. The van der Waals surface area contributed by atoms with Crippen molar-refractivity contribution in [2.24, 2.45) is 0 Å². The molecule has 148 valence electrons. The van der Waals surface area contributed by atoms with Gasteiger partial charge < -0.3 is 14.8 Å². The lowest BCUT2D eigenvalue weighted by Gasteiger charge is -2.29. The SMILES string of the molecule is COC(=O)NC(c1ccccc1F)C(CC(C#N)SC)OCc1ccccc1. The Morgan fingerprint density at radius 3 is 2.50 bits per heavy atom. The fourth-order valence-corrected chi connectivity index (χ4v) is 3.26. The molecule has 3 unspecified atom stereocenters. The summed E-state index contributed by atoms with van der Waals surface area (Å²) in [5.74, 6) is -0.463. The molecule has 0 radical (unpaired) electrons. The highest BCUT2D eigenvalue weighted by molar-refractivity contribution is 7.99. The van der Waals surface area contributed by atoms with Gasteiger partial charge in [-0.3, -0.25) is 0 Å². The molecule has 7 heteroatoms. The number of ether oxygens (including phenoxy) is 2. The van der Waals surface area contributed by atoms with E-state index in [1.807, 2.05) is 36.6 Å². The fraction of sp³-hybridized carbons (Fsp3) is 0.333. The van der Waals surface area contributed by atoms with Crippen molar-refractivity contribution in [2.75, 3.05) is 13.4 Å². The summed E-state index contributed by atoms with van der Waals surface area (Å²) in [4.78, 5) is 11.9. The Kier molecular flexibility index (Phi) is 8.79. The van der Waals surface area contributed by atoms with Gasteiger partial charge in [0.25, 0.3) is 0 Å². The number of benzene rings is 2. The first-order chi connectivity index (χ1) is 13.6. The monoisotopic (exact) mass is 402 g/mol. The highest BCUT2D eigenvalue weighted by Crippen LogP contribution is 2.28. The third-order valence-electron chi connectivity index (χ3n) is 4.25. The van der Waals surface area contributed by atoms with Crippen LogP contribution >= 0.6 is 11.8 Å². The van der Waals surface area contributed by atoms with Crippen LogP contribution in [0.25, 0.3) is 0 Å². The van der Waals surface area contributed by atoms with Gasteiger partial charge in [-0.25, -0.2) is 9.18 Å². The summed E-state index contributed by atoms with van der Waals surface area (Å²) < 4.78 is 25.3. The Balaban J connectivity index is 2.33. The standard InChI is InChI=1S/C21H23FN2O3S/c1-26-21(25)24-20(17-10-6-7-11-18(17)22)19(12-16(13-23)28-2)27-14-15-8-4-3-5-9-15/h3-11,16,19-20H,12,14H2,1-2H3,(H,24,25). The van der Waals surface area contributed by atoms with Crippen LogP contribution in [0, 0.1) is 17.1 Å². The third-order valence-corrected chi connectivity index (χ3v) is 5.12. The van der Waals surface area contributed by atoms with Crippen molar-refractivity contribution < 1.29 is 18.7 Å². The number of halogens is 1. The van der Waals surface area contributed by atoms with Gasteiger partial charge in [-0.15, -0.1) is 11.8 Å². The van der Waals surface area contributed by atoms with Gasteiger partial charge in [0, 0.05) is 12.0 Å². The van der Waals surface area contributed by atoms with Crippen LogP contribution in [-0.2, 0) is 16.1 Å². The van der Waals surface area contributed by atoms with Gasteiger partial charge in [0.05, 0.1) is 37.2 Å². The molecule has 0 heterocycles. The van der Waals surface area contributed by atoms with Crippen molar-refractivity contribution in [3.8, 4) is 6.07 Å². The summed E-state index contributed by atoms with van der Waals surface area (Å²) in [5.41, 5.74) is 1.22. The van der Waals surface area contributed by atoms with Crippen LogP contribution in [0.3, 0.4) is 0 Å². The first-order valence-electron chi connectivity index (χ1n) is 8.75. The molecular formula is C21H23FN2O3S. The molecule has 3 atom stereocenters. The number of nitrogens with one attached hydrogen (secondary N) is 1. The van der Waals surface area contributed by atoms with Crippen LogP contribution < -0.4 is 5.32 Å². The predicted octanol–water partition coefficient (Wildman–Crippen LogP) is 4.45. The van der Waals surface area contributed by atoms with Crippen LogP contribution in [0.15, 0.2) is 54.6 Å². The van der Waals surface area contributed by atoms with E-state index >= 15 is 0 Å². The molecule has 0 aliphatic rings. The number of thioether (sulfide) groups is 1. The predicted molar refractivity (Wildman–Crippen MR) is 107 cm³/mol. The Morgan fingerprint density at radius 2 is 1.89 bits per heavy atom. The van der Waals surface area contributed by atoms with E-state index in [2.05, 4.69) is 11.4 Å². The van der Waals surface area contributed by atoms with E-state index in [1.165, 1.54) is 24.9 Å². The zero-order valence-electron chi connectivity index (χ0n) is 15.8. The number of carbonyl (C=O) groups is 1. The smallest absolute Gasteiger partial charge is 0.407 e. The molecular weight excluding hydrogens is 379 g/mol. The molecule has 1 N–H and O–H groups in total. The second-order valence-electron chi connectivity index (χ2n) is 6.06. The minimum atomic E-state index is -0.805. The molecule has 0 fully saturated rings. The molecule has 0 spiro atoms. The molecule has 0 aliphatic carbocycles. The summed E-state index contributed by atoms with van der Waals surface area (Å²) in [5, 5.41) is 11.7. The molecule has 0 bridgehead atoms. The van der Waals surface area contributed by atoms with Gasteiger partial charge in [-0.2, -0.15) is 5.26 Å². The first kappa shape index (κ1) is 21.7. The molecule has 0 saturated heterocycles. The van der Waals surface area contributed by atoms with Gasteiger partial charge in [-0.05, 0) is 17.9 Å². The van der Waals surface area contributed by atoms with E-state index in [0.717, 1.165) is 5.56 Å². The van der Waals surface area contributed by atoms with E-state index in [1.54, 1.807) is 18.2 Å². The number of nitrogens with zero attached hydrogens (tertiary/aromatic N) is 1. The molecule has 28 heavy (non-hydrogen) atoms. The minimum absolute atomic E-state index is 0.270. The van der Waals surface area contributed by atoms with E-state index in [-0.39, 0.29) is 17.4 Å². The minimum Gasteiger partial charge on any atom is -0.453 e. The van der Waals surface area contributed by atoms with Crippen molar-refractivity contribution in [3.63, 3.8) is 0 Å². The van der Waals surface area contributed by atoms with Crippen molar-refractivity contribution >= 4 is 17.9 Å². The highest BCUT2D eigenvalue weighted by Gasteiger charge is 2.30. The Hall–Kier alpha value is -2.56. The van der Waals surface area contributed by atoms with Crippen LogP contribution in [-0.4, -0.2) is 30.8 Å². The third kappa shape index (κ3) is 6.25. The zero-order chi connectivity index (χ0) is 20.4. The van der Waals surface area contributed by atoms with Crippen LogP contribution in [0.2, 0.25) is 0 Å². The molecule has 0 saturated carbocycles. The fourth-order valence-electron chi connectivity index (χ4n) is 2.77. The van der Waals surface area contributed by atoms with Crippen molar-refractivity contribution in [3.05, 3.63) is 71.5 Å². The number of hydrogen-bond donors (Lipinski definition) is 1. The number of nitriles is 1. The molecule has 2 aromatic carbocycles. The number of rotatable bonds is 9. The van der Waals surface area contributed by atoms with Crippen molar-refractivity contribution in [2.45, 2.75) is 30.4 Å². The number of methoxy groups -OCH3 is 1. The maximum atomic E-state index is 14.5. The maximum Gasteiger partial charge on any atom is 0.407 e. The summed E-state index contributed by atoms with van der Waals surface area (Å²) >= 11 is 1.38. The summed E-state index contributed by atoms with van der Waals surface area (Å²) in [6.45, 7) is 0.270. The number of hydrogen-bond acceptors (Lipinski definition) is 5. The first-order valence-corrected chi connectivity index (χ1v) is 10.0.